The maximum absolute atomic E-state index is 10.6. The quantitative estimate of drug-likeness (QED) is 0.794. The van der Waals surface area contributed by atoms with E-state index in [4.69, 9.17) is 0 Å². The summed E-state index contributed by atoms with van der Waals surface area (Å²) in [4.78, 5) is 0. The van der Waals surface area contributed by atoms with E-state index < -0.39 is 0 Å². The molecule has 3 aliphatic carbocycles. The van der Waals surface area contributed by atoms with Crippen molar-refractivity contribution in [2.45, 2.75) is 71.3 Å². The Bertz CT molecular complexity index is 287. The van der Waals surface area contributed by atoms with Crippen molar-refractivity contribution in [1.82, 2.24) is 0 Å². The van der Waals surface area contributed by atoms with Gasteiger partial charge in [-0.05, 0) is 74.0 Å². The van der Waals surface area contributed by atoms with Gasteiger partial charge in [-0.15, -0.1) is 0 Å². The molecule has 0 amide bonds. The van der Waals surface area contributed by atoms with Crippen LogP contribution in [0.4, 0.5) is 0 Å². The van der Waals surface area contributed by atoms with Crippen LogP contribution in [0.2, 0.25) is 0 Å². The lowest BCUT2D eigenvalue weighted by atomic mass is 9.71. The summed E-state index contributed by atoms with van der Waals surface area (Å²) in [6.45, 7) is 4.75. The number of hydrogen-bond donors (Lipinski definition) is 1. The first-order valence-corrected chi connectivity index (χ1v) is 8.31. The van der Waals surface area contributed by atoms with Crippen LogP contribution in [0.15, 0.2) is 0 Å². The Hall–Kier alpha value is -0.0400. The highest BCUT2D eigenvalue weighted by Gasteiger charge is 2.41. The maximum atomic E-state index is 10.6. The molecule has 1 nitrogen and oxygen atoms in total. The highest BCUT2D eigenvalue weighted by molar-refractivity contribution is 4.92. The van der Waals surface area contributed by atoms with E-state index in [2.05, 4.69) is 13.8 Å². The first-order chi connectivity index (χ1) is 8.63. The summed E-state index contributed by atoms with van der Waals surface area (Å²) in [6, 6.07) is 0. The molecule has 0 aliphatic heterocycles. The van der Waals surface area contributed by atoms with Gasteiger partial charge in [-0.25, -0.2) is 0 Å². The van der Waals surface area contributed by atoms with Gasteiger partial charge in [0.25, 0.3) is 0 Å². The molecule has 7 atom stereocenters. The van der Waals surface area contributed by atoms with Crippen molar-refractivity contribution in [2.75, 3.05) is 0 Å². The number of rotatable bonds is 3. The average molecular weight is 250 g/mol. The van der Waals surface area contributed by atoms with E-state index in [1.165, 1.54) is 44.9 Å². The molecule has 104 valence electrons. The minimum absolute atomic E-state index is 0.00398. The molecule has 0 heterocycles. The molecule has 3 saturated carbocycles. The Morgan fingerprint density at radius 1 is 0.944 bits per heavy atom. The van der Waals surface area contributed by atoms with Gasteiger partial charge >= 0.3 is 0 Å². The summed E-state index contributed by atoms with van der Waals surface area (Å²) in [7, 11) is 0. The maximum Gasteiger partial charge on any atom is 0.0571 e. The number of aliphatic hydroxyl groups excluding tert-OH is 1. The smallest absolute Gasteiger partial charge is 0.0571 e. The van der Waals surface area contributed by atoms with Crippen LogP contribution in [0.1, 0.15) is 65.2 Å². The minimum atomic E-state index is 0.00398. The van der Waals surface area contributed by atoms with E-state index in [1.807, 2.05) is 0 Å². The second-order valence-electron chi connectivity index (χ2n) is 7.77. The van der Waals surface area contributed by atoms with Crippen LogP contribution >= 0.6 is 0 Å². The molecule has 2 bridgehead atoms. The van der Waals surface area contributed by atoms with E-state index in [0.717, 1.165) is 36.0 Å². The van der Waals surface area contributed by atoms with Crippen molar-refractivity contribution in [2.24, 2.45) is 35.5 Å². The van der Waals surface area contributed by atoms with Crippen molar-refractivity contribution in [1.29, 1.82) is 0 Å². The molecule has 0 saturated heterocycles. The number of hydrogen-bond acceptors (Lipinski definition) is 1. The van der Waals surface area contributed by atoms with Gasteiger partial charge in [0.2, 0.25) is 0 Å². The van der Waals surface area contributed by atoms with Gasteiger partial charge in [0.15, 0.2) is 0 Å². The lowest BCUT2D eigenvalue weighted by molar-refractivity contribution is 0.0321. The van der Waals surface area contributed by atoms with Crippen LogP contribution in [0.5, 0.6) is 0 Å². The third-order valence-corrected chi connectivity index (χ3v) is 6.61. The Morgan fingerprint density at radius 3 is 2.39 bits per heavy atom. The van der Waals surface area contributed by atoms with E-state index in [0.29, 0.717) is 5.92 Å². The highest BCUT2D eigenvalue weighted by atomic mass is 16.3. The molecule has 3 rings (SSSR count). The summed E-state index contributed by atoms with van der Waals surface area (Å²) >= 11 is 0. The van der Waals surface area contributed by atoms with Crippen LogP contribution in [-0.4, -0.2) is 11.2 Å². The first-order valence-electron chi connectivity index (χ1n) is 8.31. The van der Waals surface area contributed by atoms with Crippen molar-refractivity contribution in [3.63, 3.8) is 0 Å². The fourth-order valence-corrected chi connectivity index (χ4v) is 5.11. The summed E-state index contributed by atoms with van der Waals surface area (Å²) in [6.07, 6.45) is 10.8. The minimum Gasteiger partial charge on any atom is -0.393 e. The molecule has 0 aromatic heterocycles. The van der Waals surface area contributed by atoms with Gasteiger partial charge in [0, 0.05) is 0 Å². The van der Waals surface area contributed by atoms with Crippen LogP contribution in [0, 0.1) is 35.5 Å². The topological polar surface area (TPSA) is 20.2 Å². The predicted octanol–water partition coefficient (Wildman–Crippen LogP) is 4.25. The number of fused-ring (bicyclic) bond motifs is 2. The average Bonchev–Trinajstić information content (AvgIpc) is 2.94. The SMILES string of the molecule is CC1CCC(C(O)CC2CC3CCC2C3)CC1C. The second-order valence-corrected chi connectivity index (χ2v) is 7.77. The molecule has 0 spiro atoms. The zero-order valence-electron chi connectivity index (χ0n) is 12.1. The molecule has 3 aliphatic rings. The first kappa shape index (κ1) is 13.0. The van der Waals surface area contributed by atoms with Crippen LogP contribution in [0.25, 0.3) is 0 Å². The molecule has 0 aromatic carbocycles. The fraction of sp³-hybridized carbons (Fsp3) is 1.00. The second kappa shape index (κ2) is 5.15. The van der Waals surface area contributed by atoms with E-state index in [-0.39, 0.29) is 6.10 Å². The molecule has 7 unspecified atom stereocenters. The summed E-state index contributed by atoms with van der Waals surface area (Å²) in [5, 5.41) is 10.6. The summed E-state index contributed by atoms with van der Waals surface area (Å²) in [5.74, 6) is 5.17. The molecule has 0 aromatic rings. The standard InChI is InChI=1S/C17H30O/c1-11-3-5-15(7-12(11)2)17(18)10-16-9-13-4-6-14(16)8-13/h11-18H,3-10H2,1-2H3. The largest absolute Gasteiger partial charge is 0.393 e. The Morgan fingerprint density at radius 2 is 1.78 bits per heavy atom. The van der Waals surface area contributed by atoms with Crippen LogP contribution in [-0.2, 0) is 0 Å². The van der Waals surface area contributed by atoms with Gasteiger partial charge in [0.05, 0.1) is 6.10 Å². The molecule has 3 fully saturated rings. The Labute approximate surface area is 112 Å². The summed E-state index contributed by atoms with van der Waals surface area (Å²) in [5.41, 5.74) is 0. The molecular weight excluding hydrogens is 220 g/mol. The third kappa shape index (κ3) is 2.48. The van der Waals surface area contributed by atoms with E-state index in [1.54, 1.807) is 0 Å². The molecule has 1 heteroatoms. The molecular formula is C17H30O. The number of aliphatic hydroxyl groups is 1. The van der Waals surface area contributed by atoms with E-state index in [9.17, 15) is 5.11 Å². The van der Waals surface area contributed by atoms with E-state index >= 15 is 0 Å². The molecule has 1 N–H and O–H groups in total. The van der Waals surface area contributed by atoms with Gasteiger partial charge in [-0.1, -0.05) is 26.7 Å². The predicted molar refractivity (Wildman–Crippen MR) is 75.2 cm³/mol. The van der Waals surface area contributed by atoms with Crippen molar-refractivity contribution in [3.8, 4) is 0 Å². The zero-order chi connectivity index (χ0) is 12.7. The monoisotopic (exact) mass is 250 g/mol. The Balaban J connectivity index is 1.51. The zero-order valence-corrected chi connectivity index (χ0v) is 12.1. The van der Waals surface area contributed by atoms with Crippen LogP contribution < -0.4 is 0 Å². The van der Waals surface area contributed by atoms with Gasteiger partial charge < -0.3 is 5.11 Å². The third-order valence-electron chi connectivity index (χ3n) is 6.61. The van der Waals surface area contributed by atoms with Crippen molar-refractivity contribution < 1.29 is 5.11 Å². The fourth-order valence-electron chi connectivity index (χ4n) is 5.11. The molecule has 0 radical (unpaired) electrons. The lowest BCUT2D eigenvalue weighted by Gasteiger charge is -2.36. The van der Waals surface area contributed by atoms with Gasteiger partial charge in [-0.2, -0.15) is 0 Å². The highest BCUT2D eigenvalue weighted by Crippen LogP contribution is 2.50. The lowest BCUT2D eigenvalue weighted by Crippen LogP contribution is -2.31. The van der Waals surface area contributed by atoms with Gasteiger partial charge in [-0.3, -0.25) is 0 Å². The summed E-state index contributed by atoms with van der Waals surface area (Å²) < 4.78 is 0. The Kier molecular flexibility index (Phi) is 3.71. The van der Waals surface area contributed by atoms with Crippen molar-refractivity contribution in [3.05, 3.63) is 0 Å². The van der Waals surface area contributed by atoms with Crippen LogP contribution in [0.3, 0.4) is 0 Å². The van der Waals surface area contributed by atoms with Crippen molar-refractivity contribution >= 4 is 0 Å². The normalized spacial score (nSPS) is 49.5. The van der Waals surface area contributed by atoms with Gasteiger partial charge in [0.1, 0.15) is 0 Å². The molecule has 18 heavy (non-hydrogen) atoms.